The van der Waals surface area contributed by atoms with Crippen LogP contribution in [0.2, 0.25) is 0 Å². The Kier molecular flexibility index (Phi) is 4.39. The van der Waals surface area contributed by atoms with E-state index in [0.717, 1.165) is 31.3 Å². The fourth-order valence-electron chi connectivity index (χ4n) is 2.85. The molecule has 2 aliphatic rings. The van der Waals surface area contributed by atoms with Crippen molar-refractivity contribution in [3.05, 3.63) is 0 Å². The fraction of sp³-hybridized carbons (Fsp3) is 0.929. The summed E-state index contributed by atoms with van der Waals surface area (Å²) in [5.41, 5.74) is 0. The van der Waals surface area contributed by atoms with E-state index < -0.39 is 0 Å². The Morgan fingerprint density at radius 3 is 2.75 bits per heavy atom. The highest BCUT2D eigenvalue weighted by atomic mass is 16.1. The van der Waals surface area contributed by atoms with Crippen molar-refractivity contribution in [2.75, 3.05) is 6.54 Å². The van der Waals surface area contributed by atoms with Crippen molar-refractivity contribution in [3.8, 4) is 0 Å². The Bertz CT molecular complexity index is 235. The summed E-state index contributed by atoms with van der Waals surface area (Å²) < 4.78 is 0. The average molecular weight is 223 g/mol. The Labute approximate surface area is 99.2 Å². The highest BCUT2D eigenvalue weighted by molar-refractivity contribution is 5.81. The molecule has 2 rings (SSSR count). The average Bonchev–Trinajstić information content (AvgIpc) is 3.13. The van der Waals surface area contributed by atoms with Gasteiger partial charge in [-0.1, -0.05) is 26.2 Å². The van der Waals surface area contributed by atoms with Gasteiger partial charge in [-0.25, -0.2) is 0 Å². The molecule has 0 spiro atoms. The summed E-state index contributed by atoms with van der Waals surface area (Å²) in [6, 6.07) is 0.738. The van der Waals surface area contributed by atoms with Crippen molar-refractivity contribution in [1.82, 2.24) is 5.32 Å². The highest BCUT2D eigenvalue weighted by Crippen LogP contribution is 2.32. The predicted molar refractivity (Wildman–Crippen MR) is 66.4 cm³/mol. The van der Waals surface area contributed by atoms with Crippen LogP contribution in [-0.2, 0) is 4.79 Å². The topological polar surface area (TPSA) is 29.1 Å². The second-order valence-corrected chi connectivity index (χ2v) is 5.58. The van der Waals surface area contributed by atoms with Crippen LogP contribution in [0.3, 0.4) is 0 Å². The van der Waals surface area contributed by atoms with Gasteiger partial charge in [0.05, 0.1) is 0 Å². The second kappa shape index (κ2) is 5.81. The molecular formula is C14H25NO. The van der Waals surface area contributed by atoms with Crippen molar-refractivity contribution < 1.29 is 4.79 Å². The molecule has 2 saturated carbocycles. The molecule has 0 heterocycles. The van der Waals surface area contributed by atoms with Gasteiger partial charge in [-0.15, -0.1) is 0 Å². The van der Waals surface area contributed by atoms with Crippen molar-refractivity contribution in [1.29, 1.82) is 0 Å². The Balaban J connectivity index is 1.66. The maximum absolute atomic E-state index is 12.0. The highest BCUT2D eigenvalue weighted by Gasteiger charge is 2.26. The molecule has 0 radical (unpaired) electrons. The van der Waals surface area contributed by atoms with Crippen LogP contribution in [-0.4, -0.2) is 18.4 Å². The smallest absolute Gasteiger partial charge is 0.137 e. The summed E-state index contributed by atoms with van der Waals surface area (Å²) in [7, 11) is 0. The Hall–Kier alpha value is -0.370. The summed E-state index contributed by atoms with van der Waals surface area (Å²) in [6.07, 6.45) is 9.58. The summed E-state index contributed by atoms with van der Waals surface area (Å²) >= 11 is 0. The molecule has 0 aromatic heterocycles. The van der Waals surface area contributed by atoms with Gasteiger partial charge in [0, 0.05) is 24.9 Å². The van der Waals surface area contributed by atoms with E-state index in [9.17, 15) is 4.79 Å². The van der Waals surface area contributed by atoms with E-state index in [1.54, 1.807) is 0 Å². The van der Waals surface area contributed by atoms with Gasteiger partial charge in [-0.3, -0.25) is 4.79 Å². The summed E-state index contributed by atoms with van der Waals surface area (Å²) in [4.78, 5) is 12.0. The molecule has 92 valence electrons. The summed E-state index contributed by atoms with van der Waals surface area (Å²) in [6.45, 7) is 3.17. The van der Waals surface area contributed by atoms with E-state index >= 15 is 0 Å². The number of hydrogen-bond acceptors (Lipinski definition) is 2. The number of carbonyl (C=O) groups excluding carboxylic acids is 1. The number of ketones is 1. The lowest BCUT2D eigenvalue weighted by Crippen LogP contribution is -2.27. The fourth-order valence-corrected chi connectivity index (χ4v) is 2.85. The molecule has 2 unspecified atom stereocenters. The van der Waals surface area contributed by atoms with E-state index in [1.165, 1.54) is 38.5 Å². The van der Waals surface area contributed by atoms with Gasteiger partial charge in [0.15, 0.2) is 0 Å². The van der Waals surface area contributed by atoms with Crippen molar-refractivity contribution in [2.24, 2.45) is 11.8 Å². The van der Waals surface area contributed by atoms with Crippen LogP contribution in [0.1, 0.15) is 58.3 Å². The van der Waals surface area contributed by atoms with Gasteiger partial charge in [-0.05, 0) is 31.6 Å². The van der Waals surface area contributed by atoms with Crippen molar-refractivity contribution in [3.63, 3.8) is 0 Å². The van der Waals surface area contributed by atoms with E-state index in [2.05, 4.69) is 12.2 Å². The third-order valence-corrected chi connectivity index (χ3v) is 4.20. The van der Waals surface area contributed by atoms with Crippen LogP contribution in [0, 0.1) is 11.8 Å². The van der Waals surface area contributed by atoms with Crippen LogP contribution in [0.4, 0.5) is 0 Å². The molecule has 16 heavy (non-hydrogen) atoms. The van der Waals surface area contributed by atoms with E-state index in [-0.39, 0.29) is 0 Å². The first kappa shape index (κ1) is 12.1. The minimum Gasteiger partial charge on any atom is -0.314 e. The summed E-state index contributed by atoms with van der Waals surface area (Å²) in [5, 5.41) is 3.43. The third kappa shape index (κ3) is 3.58. The molecule has 0 saturated heterocycles. The molecule has 0 amide bonds. The molecule has 2 nitrogen and oxygen atoms in total. The Morgan fingerprint density at radius 1 is 1.25 bits per heavy atom. The lowest BCUT2D eigenvalue weighted by Gasteiger charge is -2.27. The number of carbonyl (C=O) groups is 1. The molecule has 0 aliphatic heterocycles. The maximum atomic E-state index is 12.0. The lowest BCUT2D eigenvalue weighted by molar-refractivity contribution is -0.124. The van der Waals surface area contributed by atoms with Crippen LogP contribution in [0.5, 0.6) is 0 Å². The van der Waals surface area contributed by atoms with Crippen LogP contribution < -0.4 is 5.32 Å². The zero-order valence-electron chi connectivity index (χ0n) is 10.5. The van der Waals surface area contributed by atoms with Gasteiger partial charge in [0.25, 0.3) is 0 Å². The zero-order chi connectivity index (χ0) is 11.4. The summed E-state index contributed by atoms with van der Waals surface area (Å²) in [5.74, 6) is 1.73. The van der Waals surface area contributed by atoms with Crippen LogP contribution in [0.15, 0.2) is 0 Å². The maximum Gasteiger partial charge on any atom is 0.137 e. The second-order valence-electron chi connectivity index (χ2n) is 5.58. The van der Waals surface area contributed by atoms with Crippen LogP contribution in [0.25, 0.3) is 0 Å². The molecule has 2 heteroatoms. The first-order valence-electron chi connectivity index (χ1n) is 7.05. The number of Topliss-reactive ketones (excluding diaryl/α,β-unsaturated/α-hetero) is 1. The van der Waals surface area contributed by atoms with Gasteiger partial charge in [0.1, 0.15) is 5.78 Å². The monoisotopic (exact) mass is 223 g/mol. The molecular weight excluding hydrogens is 198 g/mol. The molecule has 0 aromatic carbocycles. The number of hydrogen-bond donors (Lipinski definition) is 1. The van der Waals surface area contributed by atoms with E-state index in [0.29, 0.717) is 11.7 Å². The normalized spacial score (nSPS) is 30.3. The van der Waals surface area contributed by atoms with E-state index in [1.807, 2.05) is 0 Å². The van der Waals surface area contributed by atoms with Crippen LogP contribution >= 0.6 is 0 Å². The number of nitrogens with one attached hydrogen (secondary N) is 1. The van der Waals surface area contributed by atoms with Gasteiger partial charge in [0.2, 0.25) is 0 Å². The first-order chi connectivity index (χ1) is 7.79. The van der Waals surface area contributed by atoms with Crippen molar-refractivity contribution in [2.45, 2.75) is 64.3 Å². The number of rotatable bonds is 6. The van der Waals surface area contributed by atoms with Gasteiger partial charge in [-0.2, -0.15) is 0 Å². The quantitative estimate of drug-likeness (QED) is 0.750. The standard InChI is InChI=1S/C14H25NO/c1-2-11-4-3-5-12(10-11)14(16)8-9-15-13-6-7-13/h11-13,15H,2-10H2,1H3. The molecule has 1 N–H and O–H groups in total. The van der Waals surface area contributed by atoms with Crippen molar-refractivity contribution >= 4 is 5.78 Å². The molecule has 2 fully saturated rings. The largest absolute Gasteiger partial charge is 0.314 e. The Morgan fingerprint density at radius 2 is 2.06 bits per heavy atom. The first-order valence-corrected chi connectivity index (χ1v) is 7.05. The minimum atomic E-state index is 0.389. The predicted octanol–water partition coefficient (Wildman–Crippen LogP) is 2.91. The molecule has 2 atom stereocenters. The minimum absolute atomic E-state index is 0.389. The lowest BCUT2D eigenvalue weighted by atomic mass is 9.78. The molecule has 0 aromatic rings. The van der Waals surface area contributed by atoms with Gasteiger partial charge >= 0.3 is 0 Å². The van der Waals surface area contributed by atoms with E-state index in [4.69, 9.17) is 0 Å². The third-order valence-electron chi connectivity index (χ3n) is 4.20. The zero-order valence-corrected chi connectivity index (χ0v) is 10.5. The van der Waals surface area contributed by atoms with Gasteiger partial charge < -0.3 is 5.32 Å². The molecule has 2 aliphatic carbocycles. The molecule has 0 bridgehead atoms. The SMILES string of the molecule is CCC1CCCC(C(=O)CCNC2CC2)C1.